The molecule has 3 N–H and O–H groups in total. The molecule has 0 saturated heterocycles. The topological polar surface area (TPSA) is 71.8 Å². The SMILES string of the molecule is [B]c1ccc(-c2ccc(CC(=O)C(N)Cc3cnc[nH]3)cc2)cc1. The van der Waals surface area contributed by atoms with E-state index in [1.165, 1.54) is 0 Å². The number of aromatic amines is 1. The number of hydrogen-bond donors (Lipinski definition) is 2. The van der Waals surface area contributed by atoms with Gasteiger partial charge in [0.1, 0.15) is 7.85 Å². The summed E-state index contributed by atoms with van der Waals surface area (Å²) < 4.78 is 0. The largest absolute Gasteiger partial charge is 0.348 e. The molecule has 1 aromatic heterocycles. The fourth-order valence-electron chi connectivity index (χ4n) is 2.57. The van der Waals surface area contributed by atoms with E-state index in [4.69, 9.17) is 13.6 Å². The Balaban J connectivity index is 1.63. The number of imidazole rings is 1. The average Bonchev–Trinajstić information content (AvgIpc) is 3.09. The number of H-pyrrole nitrogens is 1. The van der Waals surface area contributed by atoms with E-state index in [1.54, 1.807) is 12.5 Å². The van der Waals surface area contributed by atoms with E-state index in [2.05, 4.69) is 9.97 Å². The Kier molecular flexibility index (Phi) is 4.92. The Bertz CT molecular complexity index is 796. The quantitative estimate of drug-likeness (QED) is 0.678. The minimum absolute atomic E-state index is 0.0184. The summed E-state index contributed by atoms with van der Waals surface area (Å²) in [7, 11) is 5.70. The zero-order valence-electron chi connectivity index (χ0n) is 13.3. The molecule has 0 fully saturated rings. The van der Waals surface area contributed by atoms with Crippen molar-refractivity contribution in [3.8, 4) is 11.1 Å². The first kappa shape index (κ1) is 16.2. The van der Waals surface area contributed by atoms with E-state index >= 15 is 0 Å². The van der Waals surface area contributed by atoms with Crippen LogP contribution in [0.15, 0.2) is 61.1 Å². The number of nitrogens with one attached hydrogen (secondary N) is 1. The van der Waals surface area contributed by atoms with Crippen LogP contribution in [0.5, 0.6) is 0 Å². The molecule has 3 aromatic rings. The lowest BCUT2D eigenvalue weighted by Crippen LogP contribution is -2.34. The van der Waals surface area contributed by atoms with Crippen molar-refractivity contribution >= 4 is 19.1 Å². The molecule has 0 saturated carbocycles. The van der Waals surface area contributed by atoms with Gasteiger partial charge in [-0.2, -0.15) is 0 Å². The maximum atomic E-state index is 12.3. The van der Waals surface area contributed by atoms with E-state index < -0.39 is 6.04 Å². The molecule has 4 nitrogen and oxygen atoms in total. The predicted molar refractivity (Wildman–Crippen MR) is 96.2 cm³/mol. The lowest BCUT2D eigenvalue weighted by molar-refractivity contribution is -0.119. The molecular weight excluding hydrogens is 297 g/mol. The maximum Gasteiger partial charge on any atom is 0.154 e. The molecule has 0 spiro atoms. The van der Waals surface area contributed by atoms with Gasteiger partial charge in [-0.05, 0) is 16.7 Å². The first-order valence-electron chi connectivity index (χ1n) is 7.82. The Morgan fingerprint density at radius 1 is 1.08 bits per heavy atom. The molecule has 1 unspecified atom stereocenters. The first-order chi connectivity index (χ1) is 11.6. The first-order valence-corrected chi connectivity index (χ1v) is 7.82. The predicted octanol–water partition coefficient (Wildman–Crippen LogP) is 1.55. The third kappa shape index (κ3) is 4.00. The monoisotopic (exact) mass is 315 g/mol. The highest BCUT2D eigenvalue weighted by atomic mass is 16.1. The van der Waals surface area contributed by atoms with Crippen LogP contribution in [0.25, 0.3) is 11.1 Å². The van der Waals surface area contributed by atoms with Gasteiger partial charge in [0.2, 0.25) is 0 Å². The lowest BCUT2D eigenvalue weighted by Gasteiger charge is -2.10. The molecule has 3 rings (SSSR count). The molecule has 2 aromatic carbocycles. The van der Waals surface area contributed by atoms with Gasteiger partial charge in [0.25, 0.3) is 0 Å². The molecule has 0 bridgehead atoms. The number of nitrogens with two attached hydrogens (primary N) is 1. The molecule has 1 heterocycles. The van der Waals surface area contributed by atoms with Gasteiger partial charge in [-0.1, -0.05) is 54.0 Å². The Labute approximate surface area is 142 Å². The van der Waals surface area contributed by atoms with Crippen LogP contribution >= 0.6 is 0 Å². The molecule has 118 valence electrons. The van der Waals surface area contributed by atoms with Gasteiger partial charge < -0.3 is 10.7 Å². The van der Waals surface area contributed by atoms with E-state index in [9.17, 15) is 4.79 Å². The third-order valence-electron chi connectivity index (χ3n) is 3.98. The molecule has 0 aliphatic heterocycles. The highest BCUT2D eigenvalue weighted by Gasteiger charge is 2.15. The zero-order valence-corrected chi connectivity index (χ0v) is 13.3. The van der Waals surface area contributed by atoms with Gasteiger partial charge in [-0.25, -0.2) is 4.98 Å². The molecule has 0 aliphatic carbocycles. The standard InChI is InChI=1S/C19H18BN3O/c20-16-7-5-15(6-8-16)14-3-1-13(2-4-14)9-19(24)18(21)10-17-11-22-12-23-17/h1-8,11-12,18H,9-10,21H2,(H,22,23). The van der Waals surface area contributed by atoms with Crippen LogP contribution in [0.1, 0.15) is 11.3 Å². The summed E-state index contributed by atoms with van der Waals surface area (Å²) >= 11 is 0. The van der Waals surface area contributed by atoms with E-state index in [-0.39, 0.29) is 5.78 Å². The average molecular weight is 315 g/mol. The highest BCUT2D eigenvalue weighted by molar-refractivity contribution is 6.32. The molecule has 2 radical (unpaired) electrons. The van der Waals surface area contributed by atoms with Gasteiger partial charge in [-0.3, -0.25) is 4.79 Å². The van der Waals surface area contributed by atoms with Crippen molar-refractivity contribution in [2.24, 2.45) is 5.73 Å². The summed E-state index contributed by atoms with van der Waals surface area (Å²) in [5.41, 5.74) is 10.7. The Hall–Kier alpha value is -2.66. The second-order valence-electron chi connectivity index (χ2n) is 5.85. The van der Waals surface area contributed by atoms with Crippen molar-refractivity contribution in [1.29, 1.82) is 0 Å². The third-order valence-corrected chi connectivity index (χ3v) is 3.98. The highest BCUT2D eigenvalue weighted by Crippen LogP contribution is 2.19. The van der Waals surface area contributed by atoms with Crippen molar-refractivity contribution in [2.75, 3.05) is 0 Å². The van der Waals surface area contributed by atoms with Gasteiger partial charge in [-0.15, -0.1) is 0 Å². The summed E-state index contributed by atoms with van der Waals surface area (Å²) in [5.74, 6) is 0.0184. The number of Topliss-reactive ketones (excluding diaryl/α,β-unsaturated/α-hetero) is 1. The van der Waals surface area contributed by atoms with Crippen LogP contribution < -0.4 is 11.2 Å². The van der Waals surface area contributed by atoms with E-state index in [0.29, 0.717) is 12.8 Å². The second-order valence-corrected chi connectivity index (χ2v) is 5.85. The summed E-state index contributed by atoms with van der Waals surface area (Å²) in [5, 5.41) is 0. The van der Waals surface area contributed by atoms with Gasteiger partial charge in [0, 0.05) is 24.7 Å². The van der Waals surface area contributed by atoms with E-state index in [1.807, 2.05) is 48.5 Å². The summed E-state index contributed by atoms with van der Waals surface area (Å²) in [6.07, 6.45) is 4.08. The summed E-state index contributed by atoms with van der Waals surface area (Å²) in [4.78, 5) is 19.2. The molecular formula is C19H18BN3O. The van der Waals surface area contributed by atoms with Crippen LogP contribution in [0.2, 0.25) is 0 Å². The van der Waals surface area contributed by atoms with Crippen molar-refractivity contribution in [2.45, 2.75) is 18.9 Å². The summed E-state index contributed by atoms with van der Waals surface area (Å²) in [6, 6.07) is 15.1. The molecule has 0 aliphatic rings. The maximum absolute atomic E-state index is 12.3. The number of nitrogens with zero attached hydrogens (tertiary/aromatic N) is 1. The van der Waals surface area contributed by atoms with Crippen molar-refractivity contribution in [3.05, 3.63) is 72.3 Å². The smallest absolute Gasteiger partial charge is 0.154 e. The number of hydrogen-bond acceptors (Lipinski definition) is 3. The van der Waals surface area contributed by atoms with Crippen LogP contribution in [0.3, 0.4) is 0 Å². The number of carbonyl (C=O) groups excluding carboxylic acids is 1. The lowest BCUT2D eigenvalue weighted by atomic mass is 9.93. The number of ketones is 1. The fourth-order valence-corrected chi connectivity index (χ4v) is 2.57. The molecule has 1 atom stereocenters. The normalized spacial score (nSPS) is 12.0. The second kappa shape index (κ2) is 7.28. The van der Waals surface area contributed by atoms with Gasteiger partial charge >= 0.3 is 0 Å². The van der Waals surface area contributed by atoms with Crippen molar-refractivity contribution in [3.63, 3.8) is 0 Å². The van der Waals surface area contributed by atoms with Gasteiger partial charge in [0.15, 0.2) is 5.78 Å². The van der Waals surface area contributed by atoms with Crippen molar-refractivity contribution in [1.82, 2.24) is 9.97 Å². The minimum atomic E-state index is -0.526. The van der Waals surface area contributed by atoms with Crippen molar-refractivity contribution < 1.29 is 4.79 Å². The van der Waals surface area contributed by atoms with Crippen LogP contribution in [0.4, 0.5) is 0 Å². The molecule has 5 heteroatoms. The number of carbonyl (C=O) groups is 1. The number of aromatic nitrogens is 2. The fraction of sp³-hybridized carbons (Fsp3) is 0.158. The zero-order chi connectivity index (χ0) is 16.9. The molecule has 0 amide bonds. The summed E-state index contributed by atoms with van der Waals surface area (Å²) in [6.45, 7) is 0. The molecule has 24 heavy (non-hydrogen) atoms. The van der Waals surface area contributed by atoms with Gasteiger partial charge in [0.05, 0.1) is 12.4 Å². The number of rotatable bonds is 6. The minimum Gasteiger partial charge on any atom is -0.348 e. The van der Waals surface area contributed by atoms with Crippen LogP contribution in [-0.2, 0) is 17.6 Å². The van der Waals surface area contributed by atoms with Crippen LogP contribution in [-0.4, -0.2) is 29.6 Å². The van der Waals surface area contributed by atoms with E-state index in [0.717, 1.165) is 27.8 Å². The Morgan fingerprint density at radius 2 is 1.71 bits per heavy atom. The number of benzene rings is 2. The Morgan fingerprint density at radius 3 is 2.29 bits per heavy atom. The van der Waals surface area contributed by atoms with Crippen LogP contribution in [0, 0.1) is 0 Å².